The van der Waals surface area contributed by atoms with Crippen molar-refractivity contribution in [1.29, 1.82) is 0 Å². The van der Waals surface area contributed by atoms with Crippen LogP contribution in [0.15, 0.2) is 42.6 Å². The average Bonchev–Trinajstić information content (AvgIpc) is 2.32. The van der Waals surface area contributed by atoms with Crippen LogP contribution in [-0.4, -0.2) is 10.9 Å². The Morgan fingerprint density at radius 3 is 2.67 bits per heavy atom. The normalized spacial score (nSPS) is 10.1. The lowest BCUT2D eigenvalue weighted by molar-refractivity contribution is -0.115. The average molecular weight is 245 g/mol. The van der Waals surface area contributed by atoms with Gasteiger partial charge in [0.1, 0.15) is 11.6 Å². The largest absolute Gasteiger partial charge is 0.399 e. The van der Waals surface area contributed by atoms with E-state index in [1.54, 1.807) is 24.3 Å². The number of hydrogen-bond acceptors (Lipinski definition) is 3. The van der Waals surface area contributed by atoms with Gasteiger partial charge in [-0.1, -0.05) is 12.1 Å². The smallest absolute Gasteiger partial charge is 0.229 e. The molecule has 5 heteroatoms. The summed E-state index contributed by atoms with van der Waals surface area (Å²) in [6.07, 6.45) is 1.68. The van der Waals surface area contributed by atoms with E-state index < -0.39 is 0 Å². The van der Waals surface area contributed by atoms with Gasteiger partial charge < -0.3 is 11.1 Å². The molecule has 2 aromatic rings. The zero-order valence-electron chi connectivity index (χ0n) is 9.56. The lowest BCUT2D eigenvalue weighted by Gasteiger charge is -2.05. The van der Waals surface area contributed by atoms with Gasteiger partial charge in [0.25, 0.3) is 0 Å². The van der Waals surface area contributed by atoms with Crippen molar-refractivity contribution in [2.24, 2.45) is 0 Å². The predicted octanol–water partition coefficient (Wildman–Crippen LogP) is 1.98. The van der Waals surface area contributed by atoms with Crippen molar-refractivity contribution in [2.75, 3.05) is 11.1 Å². The van der Waals surface area contributed by atoms with Gasteiger partial charge in [-0.2, -0.15) is 0 Å². The summed E-state index contributed by atoms with van der Waals surface area (Å²) < 4.78 is 12.7. The summed E-state index contributed by atoms with van der Waals surface area (Å²) >= 11 is 0. The minimum absolute atomic E-state index is 0.163. The van der Waals surface area contributed by atoms with E-state index in [2.05, 4.69) is 10.3 Å². The van der Waals surface area contributed by atoms with Crippen molar-refractivity contribution < 1.29 is 9.18 Å². The van der Waals surface area contributed by atoms with Crippen molar-refractivity contribution >= 4 is 17.4 Å². The maximum Gasteiger partial charge on any atom is 0.229 e. The summed E-state index contributed by atoms with van der Waals surface area (Å²) in [5.41, 5.74) is 6.83. The molecule has 1 amide bonds. The molecule has 92 valence electrons. The van der Waals surface area contributed by atoms with E-state index in [1.165, 1.54) is 18.3 Å². The van der Waals surface area contributed by atoms with Crippen LogP contribution >= 0.6 is 0 Å². The van der Waals surface area contributed by atoms with Gasteiger partial charge in [0.15, 0.2) is 0 Å². The lowest BCUT2D eigenvalue weighted by Crippen LogP contribution is -2.15. The van der Waals surface area contributed by atoms with Crippen molar-refractivity contribution in [3.63, 3.8) is 0 Å². The number of benzene rings is 1. The Morgan fingerprint density at radius 2 is 2.00 bits per heavy atom. The molecule has 0 aliphatic rings. The van der Waals surface area contributed by atoms with E-state index in [0.29, 0.717) is 11.5 Å². The quantitative estimate of drug-likeness (QED) is 0.868. The summed E-state index contributed by atoms with van der Waals surface area (Å²) in [5, 5.41) is 2.62. The van der Waals surface area contributed by atoms with Gasteiger partial charge in [-0.15, -0.1) is 0 Å². The van der Waals surface area contributed by atoms with E-state index in [1.807, 2.05) is 0 Å². The van der Waals surface area contributed by atoms with E-state index in [9.17, 15) is 9.18 Å². The highest BCUT2D eigenvalue weighted by Gasteiger charge is 2.05. The number of nitrogens with zero attached hydrogens (tertiary/aromatic N) is 1. The van der Waals surface area contributed by atoms with Crippen LogP contribution < -0.4 is 11.1 Å². The number of hydrogen-bond donors (Lipinski definition) is 2. The Kier molecular flexibility index (Phi) is 3.52. The SMILES string of the molecule is Nc1ccnc(NC(=O)Cc2ccc(F)cc2)c1. The molecule has 18 heavy (non-hydrogen) atoms. The molecule has 3 N–H and O–H groups in total. The van der Waals surface area contributed by atoms with E-state index >= 15 is 0 Å². The Balaban J connectivity index is 1.98. The van der Waals surface area contributed by atoms with Gasteiger partial charge in [0.05, 0.1) is 6.42 Å². The summed E-state index contributed by atoms with van der Waals surface area (Å²) in [7, 11) is 0. The summed E-state index contributed by atoms with van der Waals surface area (Å²) in [6.45, 7) is 0. The number of carbonyl (C=O) groups excluding carboxylic acids is 1. The number of nitrogens with two attached hydrogens (primary N) is 1. The van der Waals surface area contributed by atoms with E-state index in [-0.39, 0.29) is 18.1 Å². The van der Waals surface area contributed by atoms with Gasteiger partial charge in [-0.25, -0.2) is 9.37 Å². The van der Waals surface area contributed by atoms with Crippen LogP contribution in [0.2, 0.25) is 0 Å². The molecule has 4 nitrogen and oxygen atoms in total. The van der Waals surface area contributed by atoms with Crippen molar-refractivity contribution in [1.82, 2.24) is 4.98 Å². The highest BCUT2D eigenvalue weighted by molar-refractivity contribution is 5.91. The van der Waals surface area contributed by atoms with Gasteiger partial charge in [-0.3, -0.25) is 4.79 Å². The number of anilines is 2. The predicted molar refractivity (Wildman–Crippen MR) is 67.4 cm³/mol. The number of nitrogens with one attached hydrogen (secondary N) is 1. The minimum atomic E-state index is -0.323. The highest BCUT2D eigenvalue weighted by Crippen LogP contribution is 2.09. The fourth-order valence-electron chi connectivity index (χ4n) is 1.49. The molecule has 2 rings (SSSR count). The van der Waals surface area contributed by atoms with Crippen LogP contribution in [0.3, 0.4) is 0 Å². The molecule has 0 fully saturated rings. The van der Waals surface area contributed by atoms with Gasteiger partial charge in [-0.05, 0) is 23.8 Å². The maximum absolute atomic E-state index is 12.7. The van der Waals surface area contributed by atoms with Crippen LogP contribution in [-0.2, 0) is 11.2 Å². The standard InChI is InChI=1S/C13H12FN3O/c14-10-3-1-9(2-4-10)7-13(18)17-12-8-11(15)5-6-16-12/h1-6,8H,7H2,(H3,15,16,17,18). The molecule has 0 saturated carbocycles. The van der Waals surface area contributed by atoms with Crippen molar-refractivity contribution in [3.05, 3.63) is 54.0 Å². The van der Waals surface area contributed by atoms with Crippen molar-refractivity contribution in [3.8, 4) is 0 Å². The molecule has 0 spiro atoms. The second-order valence-electron chi connectivity index (χ2n) is 3.83. The van der Waals surface area contributed by atoms with Crippen LogP contribution in [0.4, 0.5) is 15.9 Å². The fraction of sp³-hybridized carbons (Fsp3) is 0.0769. The molecule has 0 atom stereocenters. The third kappa shape index (κ3) is 3.28. The van der Waals surface area contributed by atoms with Crippen LogP contribution in [0, 0.1) is 5.82 Å². The van der Waals surface area contributed by atoms with Crippen LogP contribution in [0.1, 0.15) is 5.56 Å². The van der Waals surface area contributed by atoms with Gasteiger partial charge in [0, 0.05) is 18.0 Å². The molecule has 0 saturated heterocycles. The lowest BCUT2D eigenvalue weighted by atomic mass is 10.1. The zero-order valence-corrected chi connectivity index (χ0v) is 9.56. The monoisotopic (exact) mass is 245 g/mol. The molecule has 0 aliphatic carbocycles. The van der Waals surface area contributed by atoms with E-state index in [4.69, 9.17) is 5.73 Å². The molecule has 0 unspecified atom stereocenters. The van der Waals surface area contributed by atoms with Crippen LogP contribution in [0.25, 0.3) is 0 Å². The number of aromatic nitrogens is 1. The van der Waals surface area contributed by atoms with Crippen LogP contribution in [0.5, 0.6) is 0 Å². The summed E-state index contributed by atoms with van der Waals surface area (Å²) in [5.74, 6) is -0.140. The molecule has 0 aliphatic heterocycles. The number of rotatable bonds is 3. The molecule has 1 aromatic heterocycles. The first-order valence-corrected chi connectivity index (χ1v) is 5.39. The molecule has 0 bridgehead atoms. The zero-order chi connectivity index (χ0) is 13.0. The number of nitrogen functional groups attached to an aromatic ring is 1. The second-order valence-corrected chi connectivity index (χ2v) is 3.83. The Morgan fingerprint density at radius 1 is 1.28 bits per heavy atom. The topological polar surface area (TPSA) is 68.0 Å². The molecular weight excluding hydrogens is 233 g/mol. The van der Waals surface area contributed by atoms with Gasteiger partial charge >= 0.3 is 0 Å². The fourth-order valence-corrected chi connectivity index (χ4v) is 1.49. The number of amides is 1. The van der Waals surface area contributed by atoms with E-state index in [0.717, 1.165) is 5.56 Å². The first-order chi connectivity index (χ1) is 8.63. The minimum Gasteiger partial charge on any atom is -0.399 e. The molecule has 0 radical (unpaired) electrons. The second kappa shape index (κ2) is 5.27. The van der Waals surface area contributed by atoms with Gasteiger partial charge in [0.2, 0.25) is 5.91 Å². The van der Waals surface area contributed by atoms with Crippen molar-refractivity contribution in [2.45, 2.75) is 6.42 Å². The molecule has 1 aromatic carbocycles. The molecular formula is C13H12FN3O. The first-order valence-electron chi connectivity index (χ1n) is 5.39. The third-order valence-electron chi connectivity index (χ3n) is 2.33. The number of halogens is 1. The number of carbonyl (C=O) groups is 1. The summed E-state index contributed by atoms with van der Waals surface area (Å²) in [4.78, 5) is 15.7. The highest BCUT2D eigenvalue weighted by atomic mass is 19.1. The Bertz CT molecular complexity index is 554. The number of pyridine rings is 1. The molecule has 1 heterocycles. The third-order valence-corrected chi connectivity index (χ3v) is 2.33. The first kappa shape index (κ1) is 12.0. The Labute approximate surface area is 104 Å². The Hall–Kier alpha value is -2.43. The summed E-state index contributed by atoms with van der Waals surface area (Å²) in [6, 6.07) is 8.99. The maximum atomic E-state index is 12.7.